The van der Waals surface area contributed by atoms with E-state index >= 15 is 0 Å². The van der Waals surface area contributed by atoms with Crippen molar-refractivity contribution in [1.82, 2.24) is 0 Å². The highest BCUT2D eigenvalue weighted by atomic mass is 35.5. The third-order valence-electron chi connectivity index (χ3n) is 5.37. The molecule has 0 radical (unpaired) electrons. The fraction of sp³-hybridized carbons (Fsp3) is 0.333. The van der Waals surface area contributed by atoms with E-state index in [1.807, 2.05) is 26.0 Å². The second kappa shape index (κ2) is 5.26. The molecule has 1 saturated heterocycles. The number of amides is 2. The van der Waals surface area contributed by atoms with E-state index in [0.717, 1.165) is 16.0 Å². The summed E-state index contributed by atoms with van der Waals surface area (Å²) >= 11 is 6.14. The van der Waals surface area contributed by atoms with Gasteiger partial charge in [0.15, 0.2) is 0 Å². The molecule has 0 aromatic heterocycles. The monoisotopic (exact) mass is 358 g/mol. The van der Waals surface area contributed by atoms with Gasteiger partial charge in [-0.25, -0.2) is 4.90 Å². The molecule has 1 heterocycles. The first-order chi connectivity index (χ1) is 11.8. The summed E-state index contributed by atoms with van der Waals surface area (Å²) in [6, 6.07) is 3.79. The number of imide groups is 1. The Morgan fingerprint density at radius 2 is 1.68 bits per heavy atom. The lowest BCUT2D eigenvalue weighted by Crippen LogP contribution is -2.33. The Kier molecular flexibility index (Phi) is 3.37. The predicted molar refractivity (Wildman–Crippen MR) is 92.1 cm³/mol. The van der Waals surface area contributed by atoms with Gasteiger partial charge in [-0.1, -0.05) is 34.9 Å². The average molecular weight is 359 g/mol. The third-order valence-corrected chi connectivity index (χ3v) is 5.69. The van der Waals surface area contributed by atoms with Crippen LogP contribution in [0, 0.1) is 33.8 Å². The molecule has 1 aromatic carbocycles. The number of nitro groups is 1. The first-order valence-electron chi connectivity index (χ1n) is 8.00. The van der Waals surface area contributed by atoms with Crippen molar-refractivity contribution in [2.75, 3.05) is 4.90 Å². The molecule has 2 aliphatic carbocycles. The van der Waals surface area contributed by atoms with Gasteiger partial charge < -0.3 is 0 Å². The molecule has 1 aliphatic heterocycles. The third kappa shape index (κ3) is 2.03. The van der Waals surface area contributed by atoms with Gasteiger partial charge in [-0.3, -0.25) is 19.7 Å². The Labute approximate surface area is 148 Å². The maximum absolute atomic E-state index is 13.0. The van der Waals surface area contributed by atoms with Crippen molar-refractivity contribution in [3.63, 3.8) is 0 Å². The van der Waals surface area contributed by atoms with E-state index in [0.29, 0.717) is 0 Å². The largest absolute Gasteiger partial charge is 0.274 e. The van der Waals surface area contributed by atoms with Crippen LogP contribution < -0.4 is 4.90 Å². The Bertz CT molecular complexity index is 866. The molecule has 2 amide bonds. The molecule has 4 atom stereocenters. The number of halogens is 1. The van der Waals surface area contributed by atoms with Crippen LogP contribution in [0.4, 0.5) is 11.4 Å². The number of nitrogens with zero attached hydrogens (tertiary/aromatic N) is 2. The Hall–Kier alpha value is -2.47. The van der Waals surface area contributed by atoms with Crippen LogP contribution in [0.3, 0.4) is 0 Å². The highest BCUT2D eigenvalue weighted by Gasteiger charge is 2.62. The average Bonchev–Trinajstić information content (AvgIpc) is 3.18. The number of allylic oxidation sites excluding steroid dienone is 4. The summed E-state index contributed by atoms with van der Waals surface area (Å²) in [5.74, 6) is -1.68. The summed E-state index contributed by atoms with van der Waals surface area (Å²) in [6.07, 6.45) is 4.00. The Morgan fingerprint density at radius 1 is 1.12 bits per heavy atom. The first kappa shape index (κ1) is 16.0. The van der Waals surface area contributed by atoms with Gasteiger partial charge in [0.25, 0.3) is 5.69 Å². The van der Waals surface area contributed by atoms with Gasteiger partial charge in [0.1, 0.15) is 0 Å². The molecule has 2 fully saturated rings. The summed E-state index contributed by atoms with van der Waals surface area (Å²) in [6.45, 7) is 3.99. The number of benzene rings is 1. The molecular formula is C18H15ClN2O4. The molecule has 25 heavy (non-hydrogen) atoms. The molecule has 1 saturated carbocycles. The van der Waals surface area contributed by atoms with Crippen molar-refractivity contribution in [1.29, 1.82) is 0 Å². The van der Waals surface area contributed by atoms with Gasteiger partial charge in [0.05, 0.1) is 27.5 Å². The molecule has 4 rings (SSSR count). The number of hydrogen-bond acceptors (Lipinski definition) is 4. The van der Waals surface area contributed by atoms with Gasteiger partial charge in [-0.2, -0.15) is 0 Å². The minimum atomic E-state index is -0.571. The van der Waals surface area contributed by atoms with Gasteiger partial charge in [0, 0.05) is 24.0 Å². The lowest BCUT2D eigenvalue weighted by molar-refractivity contribution is -0.384. The molecule has 128 valence electrons. The molecule has 0 N–H and O–H groups in total. The van der Waals surface area contributed by atoms with Gasteiger partial charge >= 0.3 is 0 Å². The highest BCUT2D eigenvalue weighted by Crippen LogP contribution is 2.57. The molecule has 7 heteroatoms. The van der Waals surface area contributed by atoms with Crippen LogP contribution in [0.25, 0.3) is 0 Å². The predicted octanol–water partition coefficient (Wildman–Crippen LogP) is 3.51. The van der Waals surface area contributed by atoms with Crippen LogP contribution >= 0.6 is 11.6 Å². The van der Waals surface area contributed by atoms with Gasteiger partial charge in [-0.05, 0) is 19.9 Å². The van der Waals surface area contributed by atoms with Crippen LogP contribution in [-0.2, 0) is 9.59 Å². The number of carbonyl (C=O) groups is 2. The number of rotatable bonds is 2. The minimum absolute atomic E-state index is 0.0704. The molecule has 1 aromatic rings. The van der Waals surface area contributed by atoms with Crippen molar-refractivity contribution in [3.8, 4) is 0 Å². The van der Waals surface area contributed by atoms with Crippen LogP contribution in [0.5, 0.6) is 0 Å². The van der Waals surface area contributed by atoms with E-state index in [1.165, 1.54) is 18.2 Å². The molecule has 6 nitrogen and oxygen atoms in total. The van der Waals surface area contributed by atoms with E-state index in [-0.39, 0.29) is 40.0 Å². The quantitative estimate of drug-likeness (QED) is 0.350. The molecule has 2 bridgehead atoms. The fourth-order valence-electron chi connectivity index (χ4n) is 4.45. The molecule has 0 unspecified atom stereocenters. The summed E-state index contributed by atoms with van der Waals surface area (Å²) in [5.41, 5.74) is 2.18. The lowest BCUT2D eigenvalue weighted by Gasteiger charge is -2.20. The summed E-state index contributed by atoms with van der Waals surface area (Å²) in [7, 11) is 0. The molecule has 0 spiro atoms. The second-order valence-corrected chi connectivity index (χ2v) is 7.26. The van der Waals surface area contributed by atoms with Crippen LogP contribution in [0.15, 0.2) is 41.5 Å². The summed E-state index contributed by atoms with van der Waals surface area (Å²) in [5, 5.41) is 11.2. The van der Waals surface area contributed by atoms with Crippen molar-refractivity contribution in [2.45, 2.75) is 13.8 Å². The van der Waals surface area contributed by atoms with Gasteiger partial charge in [-0.15, -0.1) is 0 Å². The topological polar surface area (TPSA) is 80.5 Å². The van der Waals surface area contributed by atoms with E-state index in [4.69, 9.17) is 11.6 Å². The second-order valence-electron chi connectivity index (χ2n) is 6.85. The summed E-state index contributed by atoms with van der Waals surface area (Å²) < 4.78 is 0. The standard InChI is InChI=1S/C18H15ClN2O4/c1-8(2)14-10-4-5-11(14)16-15(10)17(22)20(18(16)23)13-7-9(21(24)25)3-6-12(13)19/h3-7,10-11,15-16H,1-2H3/t10-,11+,15-,16-/m1/s1. The van der Waals surface area contributed by atoms with Crippen molar-refractivity contribution >= 4 is 34.8 Å². The zero-order valence-corrected chi connectivity index (χ0v) is 14.4. The zero-order chi connectivity index (χ0) is 18.0. The van der Waals surface area contributed by atoms with E-state index < -0.39 is 16.8 Å². The SMILES string of the molecule is CC(C)=C1[C@H]2C=C[C@@H]1[C@H]1C(=O)N(c3cc([N+](=O)[O-])ccc3Cl)C(=O)[C@@H]12. The van der Waals surface area contributed by atoms with Gasteiger partial charge in [0.2, 0.25) is 11.8 Å². The van der Waals surface area contributed by atoms with Crippen molar-refractivity contribution in [3.05, 3.63) is 56.6 Å². The van der Waals surface area contributed by atoms with E-state index in [1.54, 1.807) is 0 Å². The number of carbonyl (C=O) groups excluding carboxylic acids is 2. The number of fused-ring (bicyclic) bond motifs is 5. The molecule has 3 aliphatic rings. The minimum Gasteiger partial charge on any atom is -0.274 e. The van der Waals surface area contributed by atoms with Crippen molar-refractivity contribution in [2.24, 2.45) is 23.7 Å². The normalized spacial score (nSPS) is 29.6. The maximum atomic E-state index is 13.0. The van der Waals surface area contributed by atoms with E-state index in [9.17, 15) is 19.7 Å². The number of hydrogen-bond donors (Lipinski definition) is 0. The number of anilines is 1. The Balaban J connectivity index is 1.79. The van der Waals surface area contributed by atoms with Crippen LogP contribution in [0.2, 0.25) is 5.02 Å². The van der Waals surface area contributed by atoms with Crippen LogP contribution in [-0.4, -0.2) is 16.7 Å². The highest BCUT2D eigenvalue weighted by molar-refractivity contribution is 6.36. The number of nitro benzene ring substituents is 1. The number of non-ortho nitro benzene ring substituents is 1. The van der Waals surface area contributed by atoms with E-state index in [2.05, 4.69) is 0 Å². The smallest absolute Gasteiger partial charge is 0.271 e. The lowest BCUT2D eigenvalue weighted by atomic mass is 9.85. The summed E-state index contributed by atoms with van der Waals surface area (Å²) in [4.78, 5) is 37.5. The molecular weight excluding hydrogens is 344 g/mol. The maximum Gasteiger partial charge on any atom is 0.271 e. The zero-order valence-electron chi connectivity index (χ0n) is 13.6. The first-order valence-corrected chi connectivity index (χ1v) is 8.38. The fourth-order valence-corrected chi connectivity index (χ4v) is 4.66. The van der Waals surface area contributed by atoms with Crippen LogP contribution in [0.1, 0.15) is 13.8 Å². The van der Waals surface area contributed by atoms with Crippen molar-refractivity contribution < 1.29 is 14.5 Å². The Morgan fingerprint density at radius 3 is 2.16 bits per heavy atom.